The third-order valence-electron chi connectivity index (χ3n) is 6.10. The van der Waals surface area contributed by atoms with Crippen molar-refractivity contribution in [3.8, 4) is 0 Å². The lowest BCUT2D eigenvalue weighted by Crippen LogP contribution is -2.40. The molecule has 158 valence electrons. The van der Waals surface area contributed by atoms with Gasteiger partial charge in [0.25, 0.3) is 5.91 Å². The number of aromatic nitrogens is 2. The van der Waals surface area contributed by atoms with E-state index >= 15 is 0 Å². The Balaban J connectivity index is 1.25. The highest BCUT2D eigenvalue weighted by Gasteiger charge is 2.20. The third-order valence-corrected chi connectivity index (χ3v) is 6.10. The van der Waals surface area contributed by atoms with Gasteiger partial charge in [0.2, 0.25) is 0 Å². The van der Waals surface area contributed by atoms with Crippen molar-refractivity contribution in [1.29, 1.82) is 0 Å². The molecule has 1 amide bonds. The van der Waals surface area contributed by atoms with Crippen LogP contribution in [0.5, 0.6) is 0 Å². The summed E-state index contributed by atoms with van der Waals surface area (Å²) in [6.45, 7) is 6.74. The SMILES string of the molecule is CCCn1nc(C(=O)NCCN2CCC(Cc3ccccc3)CC2)c2ccccc21. The van der Waals surface area contributed by atoms with Gasteiger partial charge in [0.15, 0.2) is 5.69 Å². The Morgan fingerprint density at radius 3 is 2.53 bits per heavy atom. The van der Waals surface area contributed by atoms with Crippen LogP contribution in [-0.4, -0.2) is 46.8 Å². The molecule has 0 saturated carbocycles. The summed E-state index contributed by atoms with van der Waals surface area (Å²) in [5.41, 5.74) is 3.02. The Bertz CT molecular complexity index is 958. The van der Waals surface area contributed by atoms with Crippen LogP contribution in [-0.2, 0) is 13.0 Å². The van der Waals surface area contributed by atoms with E-state index in [9.17, 15) is 4.79 Å². The summed E-state index contributed by atoms with van der Waals surface area (Å²) in [5, 5.41) is 8.61. The van der Waals surface area contributed by atoms with Crippen LogP contribution in [0.15, 0.2) is 54.6 Å². The van der Waals surface area contributed by atoms with Crippen molar-refractivity contribution in [2.45, 2.75) is 39.2 Å². The normalized spacial score (nSPS) is 15.5. The van der Waals surface area contributed by atoms with Crippen molar-refractivity contribution in [3.05, 3.63) is 65.9 Å². The van der Waals surface area contributed by atoms with E-state index in [1.54, 1.807) is 0 Å². The first-order valence-electron chi connectivity index (χ1n) is 11.2. The van der Waals surface area contributed by atoms with Crippen LogP contribution in [0.3, 0.4) is 0 Å². The van der Waals surface area contributed by atoms with Crippen LogP contribution in [0.2, 0.25) is 0 Å². The molecule has 3 aromatic rings. The second-order valence-electron chi connectivity index (χ2n) is 8.32. The van der Waals surface area contributed by atoms with Crippen LogP contribution in [0.1, 0.15) is 42.2 Å². The smallest absolute Gasteiger partial charge is 0.272 e. The minimum absolute atomic E-state index is 0.0694. The largest absolute Gasteiger partial charge is 0.349 e. The number of benzene rings is 2. The zero-order valence-electron chi connectivity index (χ0n) is 17.9. The highest BCUT2D eigenvalue weighted by atomic mass is 16.1. The van der Waals surface area contributed by atoms with E-state index in [0.29, 0.717) is 12.2 Å². The van der Waals surface area contributed by atoms with Crippen LogP contribution in [0.25, 0.3) is 10.9 Å². The number of aryl methyl sites for hydroxylation is 1. The maximum Gasteiger partial charge on any atom is 0.272 e. The Hall–Kier alpha value is -2.66. The van der Waals surface area contributed by atoms with E-state index in [-0.39, 0.29) is 5.91 Å². The number of carbonyl (C=O) groups is 1. The first kappa shape index (κ1) is 20.6. The second kappa shape index (κ2) is 9.90. The first-order chi connectivity index (χ1) is 14.7. The number of fused-ring (bicyclic) bond motifs is 1. The number of hydrogen-bond donors (Lipinski definition) is 1. The number of carbonyl (C=O) groups excluding carboxylic acids is 1. The van der Waals surface area contributed by atoms with Crippen LogP contribution >= 0.6 is 0 Å². The van der Waals surface area contributed by atoms with Gasteiger partial charge in [-0.15, -0.1) is 0 Å². The molecule has 0 atom stereocenters. The van der Waals surface area contributed by atoms with Gasteiger partial charge in [0, 0.05) is 25.0 Å². The summed E-state index contributed by atoms with van der Waals surface area (Å²) >= 11 is 0. The molecule has 30 heavy (non-hydrogen) atoms. The average Bonchev–Trinajstić information content (AvgIpc) is 3.15. The highest BCUT2D eigenvalue weighted by Crippen LogP contribution is 2.21. The molecule has 0 bridgehead atoms. The standard InChI is InChI=1S/C25H32N4O/c1-2-15-29-23-11-7-6-10-22(23)24(27-29)25(30)26-14-18-28-16-12-21(13-17-28)19-20-8-4-3-5-9-20/h3-11,21H,2,12-19H2,1H3,(H,26,30). The summed E-state index contributed by atoms with van der Waals surface area (Å²) in [4.78, 5) is 15.2. The summed E-state index contributed by atoms with van der Waals surface area (Å²) in [7, 11) is 0. The molecule has 0 spiro atoms. The number of nitrogens with zero attached hydrogens (tertiary/aromatic N) is 3. The summed E-state index contributed by atoms with van der Waals surface area (Å²) in [6, 6.07) is 18.8. The van der Waals surface area contributed by atoms with Crippen molar-refractivity contribution in [3.63, 3.8) is 0 Å². The lowest BCUT2D eigenvalue weighted by Gasteiger charge is -2.32. The molecule has 1 aliphatic heterocycles. The summed E-state index contributed by atoms with van der Waals surface area (Å²) in [6.07, 6.45) is 4.63. The second-order valence-corrected chi connectivity index (χ2v) is 8.32. The number of para-hydroxylation sites is 1. The van der Waals surface area contributed by atoms with E-state index in [1.807, 2.05) is 28.9 Å². The first-order valence-corrected chi connectivity index (χ1v) is 11.2. The van der Waals surface area contributed by atoms with Crippen molar-refractivity contribution in [2.75, 3.05) is 26.2 Å². The maximum absolute atomic E-state index is 12.8. The van der Waals surface area contributed by atoms with E-state index < -0.39 is 0 Å². The van der Waals surface area contributed by atoms with Gasteiger partial charge in [-0.05, 0) is 56.3 Å². The minimum atomic E-state index is -0.0694. The fraction of sp³-hybridized carbons (Fsp3) is 0.440. The van der Waals surface area contributed by atoms with E-state index in [4.69, 9.17) is 0 Å². The Kier molecular flexibility index (Phi) is 6.80. The molecule has 5 heteroatoms. The van der Waals surface area contributed by atoms with Crippen LogP contribution in [0.4, 0.5) is 0 Å². The molecule has 1 fully saturated rings. The molecule has 1 N–H and O–H groups in total. The number of likely N-dealkylation sites (tertiary alicyclic amines) is 1. The fourth-order valence-electron chi connectivity index (χ4n) is 4.45. The van der Waals surface area contributed by atoms with Crippen molar-refractivity contribution in [1.82, 2.24) is 20.0 Å². The molecule has 5 nitrogen and oxygen atoms in total. The number of piperidine rings is 1. The zero-order chi connectivity index (χ0) is 20.8. The highest BCUT2D eigenvalue weighted by molar-refractivity contribution is 6.04. The summed E-state index contributed by atoms with van der Waals surface area (Å²) in [5.74, 6) is 0.701. The fourth-order valence-corrected chi connectivity index (χ4v) is 4.45. The molecular weight excluding hydrogens is 372 g/mol. The Labute approximate surface area is 179 Å². The Morgan fingerprint density at radius 1 is 1.03 bits per heavy atom. The van der Waals surface area contributed by atoms with Gasteiger partial charge in [-0.1, -0.05) is 55.5 Å². The van der Waals surface area contributed by atoms with Gasteiger partial charge in [-0.3, -0.25) is 9.48 Å². The number of nitrogens with one attached hydrogen (secondary N) is 1. The van der Waals surface area contributed by atoms with Crippen LogP contribution < -0.4 is 5.32 Å². The molecular formula is C25H32N4O. The topological polar surface area (TPSA) is 50.2 Å². The van der Waals surface area contributed by atoms with Gasteiger partial charge in [0.1, 0.15) is 0 Å². The molecule has 4 rings (SSSR count). The lowest BCUT2D eigenvalue weighted by molar-refractivity contribution is 0.0939. The zero-order valence-corrected chi connectivity index (χ0v) is 17.9. The third kappa shape index (κ3) is 4.90. The van der Waals surface area contributed by atoms with Crippen molar-refractivity contribution in [2.24, 2.45) is 5.92 Å². The van der Waals surface area contributed by atoms with Gasteiger partial charge >= 0.3 is 0 Å². The number of amides is 1. The lowest BCUT2D eigenvalue weighted by atomic mass is 9.90. The molecule has 0 radical (unpaired) electrons. The van der Waals surface area contributed by atoms with Crippen LogP contribution in [0, 0.1) is 5.92 Å². The maximum atomic E-state index is 12.8. The molecule has 0 aliphatic carbocycles. The summed E-state index contributed by atoms with van der Waals surface area (Å²) < 4.78 is 1.95. The predicted octanol–water partition coefficient (Wildman–Crippen LogP) is 4.13. The quantitative estimate of drug-likeness (QED) is 0.614. The van der Waals surface area contributed by atoms with E-state index in [0.717, 1.165) is 49.4 Å². The molecule has 0 unspecified atom stereocenters. The minimum Gasteiger partial charge on any atom is -0.349 e. The van der Waals surface area contributed by atoms with Gasteiger partial charge in [-0.25, -0.2) is 0 Å². The van der Waals surface area contributed by atoms with Gasteiger partial charge < -0.3 is 10.2 Å². The molecule has 1 aromatic heterocycles. The van der Waals surface area contributed by atoms with E-state index in [2.05, 4.69) is 52.6 Å². The predicted molar refractivity (Wildman–Crippen MR) is 122 cm³/mol. The van der Waals surface area contributed by atoms with Crippen molar-refractivity contribution >= 4 is 16.8 Å². The number of rotatable bonds is 8. The monoisotopic (exact) mass is 404 g/mol. The van der Waals surface area contributed by atoms with Gasteiger partial charge in [-0.2, -0.15) is 5.10 Å². The van der Waals surface area contributed by atoms with E-state index in [1.165, 1.54) is 24.8 Å². The number of hydrogen-bond acceptors (Lipinski definition) is 3. The molecule has 2 aromatic carbocycles. The average molecular weight is 405 g/mol. The molecule has 1 saturated heterocycles. The van der Waals surface area contributed by atoms with Crippen molar-refractivity contribution < 1.29 is 4.79 Å². The molecule has 1 aliphatic rings. The van der Waals surface area contributed by atoms with Gasteiger partial charge in [0.05, 0.1) is 5.52 Å². The Morgan fingerprint density at radius 2 is 1.77 bits per heavy atom. The molecule has 2 heterocycles.